The molecule has 8 rings (SSSR count). The number of ether oxygens (including phenoxy) is 1. The minimum atomic E-state index is -0.829. The van der Waals surface area contributed by atoms with E-state index < -0.39 is 5.97 Å². The first kappa shape index (κ1) is 42.8. The van der Waals surface area contributed by atoms with Gasteiger partial charge in [-0.3, -0.25) is 0 Å². The minimum Gasteiger partial charge on any atom is -0.477 e. The first-order valence-electron chi connectivity index (χ1n) is 17.4. The summed E-state index contributed by atoms with van der Waals surface area (Å²) < 4.78 is 19.2. The third-order valence-corrected chi connectivity index (χ3v) is 19.7. The first-order valence-corrected chi connectivity index (χ1v) is 24.9. The Labute approximate surface area is 354 Å². The number of unbranched alkanes of at least 4 members (excludes halogenated alkanes) is 5. The number of hydrogen-bond acceptors (Lipinski definition) is 13. The molecule has 8 aromatic heterocycles. The average Bonchev–Trinajstić information content (AvgIpc) is 4.00. The number of carboxylic acid groups (broad SMARTS) is 1. The molecule has 54 heavy (non-hydrogen) atoms. The van der Waals surface area contributed by atoms with Gasteiger partial charge in [-0.2, -0.15) is 9.59 Å². The molecule has 0 unspecified atom stereocenters. The van der Waals surface area contributed by atoms with Gasteiger partial charge in [0.25, 0.3) is 0 Å². The average molecular weight is 940 g/mol. The van der Waals surface area contributed by atoms with E-state index in [1.54, 1.807) is 57.0 Å². The Morgan fingerprint density at radius 2 is 1.31 bits per heavy atom. The molecule has 0 aliphatic rings. The summed E-state index contributed by atoms with van der Waals surface area (Å²) in [6.07, 6.45) is 10.9. The first-order chi connectivity index (χ1) is 26.0. The molecule has 0 amide bonds. The molecule has 286 valence electrons. The molecule has 0 fully saturated rings. The SMILES string of the molecule is CCCCCCCCc1c(C)sc2c(Br)csc12.CCOC(=O)c1cc2sc3cc(CC)sc3c2s1.Cc1csc2c1sc1cc(C(=O)O)sc12.O=C=O. The fourth-order valence-electron chi connectivity index (χ4n) is 5.78. The second-order valence-corrected chi connectivity index (χ2v) is 21.4. The second-order valence-electron chi connectivity index (χ2n) is 12.2. The Morgan fingerprint density at radius 3 is 2.02 bits per heavy atom. The van der Waals surface area contributed by atoms with Crippen molar-refractivity contribution in [3.8, 4) is 0 Å². The van der Waals surface area contributed by atoms with Crippen molar-refractivity contribution in [3.63, 3.8) is 0 Å². The quantitative estimate of drug-likeness (QED) is 0.102. The molecule has 0 aliphatic heterocycles. The summed E-state index contributed by atoms with van der Waals surface area (Å²) in [5.41, 5.74) is 2.90. The Balaban J connectivity index is 0.000000151. The molecular weight excluding hydrogens is 901 g/mol. The third-order valence-electron chi connectivity index (χ3n) is 8.38. The molecule has 15 heteroatoms. The zero-order valence-electron chi connectivity index (χ0n) is 30.4. The predicted octanol–water partition coefficient (Wildman–Crippen LogP) is 15.5. The van der Waals surface area contributed by atoms with Crippen LogP contribution in [0.4, 0.5) is 0 Å². The van der Waals surface area contributed by atoms with Gasteiger partial charge in [0.2, 0.25) is 0 Å². The lowest BCUT2D eigenvalue weighted by atomic mass is 10.1. The second kappa shape index (κ2) is 20.2. The summed E-state index contributed by atoms with van der Waals surface area (Å²) in [6.45, 7) is 11.1. The maximum atomic E-state index is 11.7. The maximum Gasteiger partial charge on any atom is 0.373 e. The number of rotatable bonds is 11. The number of carboxylic acids is 1. The topological polar surface area (TPSA) is 97.7 Å². The fraction of sp³-hybridized carbons (Fsp3) is 0.359. The van der Waals surface area contributed by atoms with Gasteiger partial charge in [-0.25, -0.2) is 9.59 Å². The van der Waals surface area contributed by atoms with E-state index in [4.69, 9.17) is 19.4 Å². The Bertz CT molecular complexity index is 2520. The molecular formula is C39H39BrO6S8. The molecule has 0 aliphatic carbocycles. The van der Waals surface area contributed by atoms with Gasteiger partial charge in [0.05, 0.1) is 34.8 Å². The van der Waals surface area contributed by atoms with E-state index in [9.17, 15) is 9.59 Å². The van der Waals surface area contributed by atoms with Crippen LogP contribution < -0.4 is 0 Å². The molecule has 0 saturated heterocycles. The van der Waals surface area contributed by atoms with Crippen LogP contribution in [-0.4, -0.2) is 29.8 Å². The Morgan fingerprint density at radius 1 is 0.704 bits per heavy atom. The van der Waals surface area contributed by atoms with Gasteiger partial charge >= 0.3 is 18.1 Å². The molecule has 8 heterocycles. The van der Waals surface area contributed by atoms with Crippen molar-refractivity contribution < 1.29 is 29.0 Å². The van der Waals surface area contributed by atoms with Gasteiger partial charge in [-0.15, -0.1) is 90.7 Å². The number of carbonyl (C=O) groups excluding carboxylic acids is 3. The number of aromatic carboxylic acids is 1. The van der Waals surface area contributed by atoms with Gasteiger partial charge in [0.1, 0.15) is 9.75 Å². The van der Waals surface area contributed by atoms with Gasteiger partial charge in [-0.05, 0) is 90.7 Å². The highest BCUT2D eigenvalue weighted by molar-refractivity contribution is 9.10. The number of esters is 1. The molecule has 1 N–H and O–H groups in total. The van der Waals surface area contributed by atoms with Crippen LogP contribution >= 0.6 is 107 Å². The summed E-state index contributed by atoms with van der Waals surface area (Å²) >= 11 is 17.4. The maximum absolute atomic E-state index is 11.7. The lowest BCUT2D eigenvalue weighted by Gasteiger charge is -2.01. The van der Waals surface area contributed by atoms with Crippen LogP contribution in [-0.2, 0) is 27.2 Å². The highest BCUT2D eigenvalue weighted by Crippen LogP contribution is 2.45. The van der Waals surface area contributed by atoms with Crippen LogP contribution in [0.1, 0.15) is 99.5 Å². The lowest BCUT2D eigenvalue weighted by molar-refractivity contribution is -0.191. The smallest absolute Gasteiger partial charge is 0.373 e. The van der Waals surface area contributed by atoms with E-state index >= 15 is 0 Å². The molecule has 6 nitrogen and oxygen atoms in total. The number of aryl methyl sites for hydroxylation is 4. The summed E-state index contributed by atoms with van der Waals surface area (Å²) in [4.78, 5) is 42.9. The van der Waals surface area contributed by atoms with E-state index in [0.717, 1.165) is 15.8 Å². The van der Waals surface area contributed by atoms with E-state index in [2.05, 4.69) is 60.5 Å². The summed E-state index contributed by atoms with van der Waals surface area (Å²) in [7, 11) is 0. The van der Waals surface area contributed by atoms with Crippen molar-refractivity contribution in [2.45, 2.75) is 86.0 Å². The number of hydrogen-bond donors (Lipinski definition) is 1. The molecule has 0 spiro atoms. The zero-order valence-corrected chi connectivity index (χ0v) is 38.5. The summed E-state index contributed by atoms with van der Waals surface area (Å²) in [5.74, 6) is -1.03. The van der Waals surface area contributed by atoms with Crippen molar-refractivity contribution in [2.24, 2.45) is 0 Å². The monoisotopic (exact) mass is 938 g/mol. The highest BCUT2D eigenvalue weighted by atomic mass is 79.9. The summed E-state index contributed by atoms with van der Waals surface area (Å²) in [6, 6.07) is 6.00. The lowest BCUT2D eigenvalue weighted by Crippen LogP contribution is -2.01. The third kappa shape index (κ3) is 9.98. The molecule has 0 radical (unpaired) electrons. The molecule has 0 saturated carbocycles. The van der Waals surface area contributed by atoms with Crippen LogP contribution in [0.2, 0.25) is 0 Å². The van der Waals surface area contributed by atoms with Gasteiger partial charge in [0.15, 0.2) is 0 Å². The van der Waals surface area contributed by atoms with Crippen LogP contribution in [0.15, 0.2) is 33.4 Å². The number of carbonyl (C=O) groups is 2. The number of thiophene rings is 8. The number of halogens is 1. The van der Waals surface area contributed by atoms with Crippen molar-refractivity contribution in [1.29, 1.82) is 0 Å². The van der Waals surface area contributed by atoms with Crippen molar-refractivity contribution in [1.82, 2.24) is 0 Å². The normalized spacial score (nSPS) is 11.0. The van der Waals surface area contributed by atoms with Crippen LogP contribution in [0.25, 0.3) is 47.0 Å². The van der Waals surface area contributed by atoms with Crippen LogP contribution in [0.5, 0.6) is 0 Å². The Hall–Kier alpha value is -2.30. The van der Waals surface area contributed by atoms with Gasteiger partial charge in [0, 0.05) is 38.4 Å². The predicted molar refractivity (Wildman–Crippen MR) is 241 cm³/mol. The zero-order chi connectivity index (χ0) is 38.9. The standard InChI is InChI=1S/C15H21BrS2.C13H12O2S3.C10H6O2S3.CO2/c1-3-4-5-6-7-8-9-12-11(2)18-15-13(16)10-17-14(12)15;1-3-7-5-8-11(16-7)12-9(17-8)6-10(18-12)13(14)15-4-2;1-4-3-13-9-7(4)14-5-2-6(10(11)12)15-8(5)9;2-1-3/h10H,3-9H2,1-2H3;5-6H,3-4H2,1-2H3;2-3H,1H3,(H,11,12);. The fourth-order valence-corrected chi connectivity index (χ4v) is 16.7. The molecule has 0 aromatic carbocycles. The van der Waals surface area contributed by atoms with Gasteiger partial charge in [-0.1, -0.05) is 46.0 Å². The van der Waals surface area contributed by atoms with E-state index in [-0.39, 0.29) is 12.1 Å². The van der Waals surface area contributed by atoms with E-state index in [1.807, 2.05) is 47.0 Å². The largest absolute Gasteiger partial charge is 0.477 e. The highest BCUT2D eigenvalue weighted by Gasteiger charge is 2.18. The molecule has 0 bridgehead atoms. The molecule has 0 atom stereocenters. The van der Waals surface area contributed by atoms with Crippen molar-refractivity contribution in [3.05, 3.63) is 64.1 Å². The van der Waals surface area contributed by atoms with Crippen LogP contribution in [0, 0.1) is 13.8 Å². The van der Waals surface area contributed by atoms with E-state index in [1.165, 1.54) is 114 Å². The molecule has 8 aromatic rings. The van der Waals surface area contributed by atoms with Gasteiger partial charge < -0.3 is 9.84 Å². The van der Waals surface area contributed by atoms with Crippen molar-refractivity contribution in [2.75, 3.05) is 6.61 Å². The summed E-state index contributed by atoms with van der Waals surface area (Å²) in [5, 5.41) is 13.3. The van der Waals surface area contributed by atoms with Crippen LogP contribution in [0.3, 0.4) is 0 Å². The van der Waals surface area contributed by atoms with Crippen molar-refractivity contribution >= 4 is 172 Å². The minimum absolute atomic E-state index is 0.202. The number of fused-ring (bicyclic) bond motifs is 7. The van der Waals surface area contributed by atoms with E-state index in [0.29, 0.717) is 16.4 Å². The Kier molecular flexibility index (Phi) is 16.0.